The molecule has 0 heterocycles. The van der Waals surface area contributed by atoms with Crippen molar-refractivity contribution in [2.45, 2.75) is 25.3 Å². The number of nitriles is 1. The summed E-state index contributed by atoms with van der Waals surface area (Å²) in [4.78, 5) is 13.2. The maximum Gasteiger partial charge on any atom is 0.230 e. The van der Waals surface area contributed by atoms with Gasteiger partial charge < -0.3 is 10.1 Å². The summed E-state index contributed by atoms with van der Waals surface area (Å²) in [6.07, 6.45) is 0. The minimum atomic E-state index is -0.0201. The van der Waals surface area contributed by atoms with Gasteiger partial charge in [0.25, 0.3) is 0 Å². The largest absolute Gasteiger partial charge is 0.479 e. The molecule has 0 radical (unpaired) electrons. The van der Waals surface area contributed by atoms with E-state index in [2.05, 4.69) is 33.4 Å². The topological polar surface area (TPSA) is 62.1 Å². The number of halogens is 1. The van der Waals surface area contributed by atoms with Gasteiger partial charge >= 0.3 is 0 Å². The minimum absolute atomic E-state index is 0.0123. The quantitative estimate of drug-likeness (QED) is 0.677. The molecule has 0 bridgehead atoms. The van der Waals surface area contributed by atoms with Crippen LogP contribution >= 0.6 is 27.7 Å². The second-order valence-electron chi connectivity index (χ2n) is 5.53. The van der Waals surface area contributed by atoms with Crippen molar-refractivity contribution in [1.29, 1.82) is 5.26 Å². The summed E-state index contributed by atoms with van der Waals surface area (Å²) in [6, 6.07) is 13.5. The molecule has 0 unspecified atom stereocenters. The number of thioether (sulfide) groups is 1. The van der Waals surface area contributed by atoms with Gasteiger partial charge in [0.15, 0.2) is 6.61 Å². The fourth-order valence-electron chi connectivity index (χ4n) is 2.17. The summed E-state index contributed by atoms with van der Waals surface area (Å²) in [5, 5.41) is 11.4. The Balaban J connectivity index is 1.85. The standard InChI is InChI=1S/C19H19BrN2O2S/c1-13-9-18(14(2)8-17(13)20)25-12-19(23)22-11-15-4-3-5-16(10-15)24-7-6-21/h3-5,8-10H,7,11-12H2,1-2H3,(H,22,23). The minimum Gasteiger partial charge on any atom is -0.479 e. The molecule has 0 aliphatic rings. The van der Waals surface area contributed by atoms with E-state index in [1.165, 1.54) is 11.8 Å². The predicted molar refractivity (Wildman–Crippen MR) is 104 cm³/mol. The molecule has 0 aliphatic carbocycles. The Morgan fingerprint density at radius 3 is 2.84 bits per heavy atom. The Hall–Kier alpha value is -1.97. The predicted octanol–water partition coefficient (Wildman–Crippen LogP) is 4.38. The van der Waals surface area contributed by atoms with Crippen LogP contribution in [0, 0.1) is 25.2 Å². The van der Waals surface area contributed by atoms with Gasteiger partial charge in [-0.3, -0.25) is 4.79 Å². The number of benzene rings is 2. The van der Waals surface area contributed by atoms with Crippen molar-refractivity contribution in [3.05, 3.63) is 57.6 Å². The normalized spacial score (nSPS) is 10.2. The third-order valence-corrected chi connectivity index (χ3v) is 5.52. The van der Waals surface area contributed by atoms with Crippen molar-refractivity contribution in [3.63, 3.8) is 0 Å². The highest BCUT2D eigenvalue weighted by Gasteiger charge is 2.07. The number of carbonyl (C=O) groups is 1. The van der Waals surface area contributed by atoms with E-state index in [-0.39, 0.29) is 12.5 Å². The zero-order chi connectivity index (χ0) is 18.2. The number of amides is 1. The number of nitrogens with one attached hydrogen (secondary N) is 1. The van der Waals surface area contributed by atoms with Crippen molar-refractivity contribution in [1.82, 2.24) is 5.32 Å². The molecule has 0 atom stereocenters. The Bertz CT molecular complexity index is 802. The van der Waals surface area contributed by atoms with Gasteiger partial charge in [-0.15, -0.1) is 11.8 Å². The van der Waals surface area contributed by atoms with Crippen LogP contribution < -0.4 is 10.1 Å². The van der Waals surface area contributed by atoms with Gasteiger partial charge in [0.2, 0.25) is 5.91 Å². The van der Waals surface area contributed by atoms with Crippen molar-refractivity contribution in [3.8, 4) is 11.8 Å². The lowest BCUT2D eigenvalue weighted by Gasteiger charge is -2.10. The number of aryl methyl sites for hydroxylation is 2. The van der Waals surface area contributed by atoms with Crippen LogP contribution in [0.1, 0.15) is 16.7 Å². The third-order valence-electron chi connectivity index (χ3n) is 3.51. The van der Waals surface area contributed by atoms with Crippen LogP contribution in [0.25, 0.3) is 0 Å². The highest BCUT2D eigenvalue weighted by atomic mass is 79.9. The number of nitrogens with zero attached hydrogens (tertiary/aromatic N) is 1. The third kappa shape index (κ3) is 6.11. The van der Waals surface area contributed by atoms with Crippen LogP contribution in [0.5, 0.6) is 5.75 Å². The first kappa shape index (κ1) is 19.4. The van der Waals surface area contributed by atoms with Crippen molar-refractivity contribution < 1.29 is 9.53 Å². The average Bonchev–Trinajstić information content (AvgIpc) is 2.60. The van der Waals surface area contributed by atoms with E-state index in [0.29, 0.717) is 18.0 Å². The molecule has 2 aromatic carbocycles. The first-order chi connectivity index (χ1) is 12.0. The van der Waals surface area contributed by atoms with Gasteiger partial charge in [-0.2, -0.15) is 5.26 Å². The van der Waals surface area contributed by atoms with Crippen LogP contribution in [0.3, 0.4) is 0 Å². The van der Waals surface area contributed by atoms with Crippen LogP contribution in [-0.4, -0.2) is 18.3 Å². The Labute approximate surface area is 160 Å². The fraction of sp³-hybridized carbons (Fsp3) is 0.263. The van der Waals surface area contributed by atoms with E-state index in [1.807, 2.05) is 38.1 Å². The van der Waals surface area contributed by atoms with Crippen LogP contribution in [0.4, 0.5) is 0 Å². The summed E-state index contributed by atoms with van der Waals surface area (Å²) >= 11 is 5.05. The highest BCUT2D eigenvalue weighted by Crippen LogP contribution is 2.28. The number of hydrogen-bond acceptors (Lipinski definition) is 4. The summed E-state index contributed by atoms with van der Waals surface area (Å²) in [6.45, 7) is 4.52. The fourth-order valence-corrected chi connectivity index (χ4v) is 3.56. The van der Waals surface area contributed by atoms with Gasteiger partial charge in [-0.05, 0) is 54.8 Å². The van der Waals surface area contributed by atoms with E-state index < -0.39 is 0 Å². The lowest BCUT2D eigenvalue weighted by molar-refractivity contribution is -0.118. The molecule has 4 nitrogen and oxygen atoms in total. The average molecular weight is 419 g/mol. The Morgan fingerprint density at radius 2 is 2.08 bits per heavy atom. The van der Waals surface area contributed by atoms with Gasteiger partial charge in [0, 0.05) is 15.9 Å². The molecule has 0 saturated heterocycles. The maximum atomic E-state index is 12.1. The number of rotatable bonds is 7. The molecule has 1 N–H and O–H groups in total. The molecule has 25 heavy (non-hydrogen) atoms. The lowest BCUT2D eigenvalue weighted by atomic mass is 10.2. The molecule has 0 aromatic heterocycles. The molecule has 1 amide bonds. The molecular formula is C19H19BrN2O2S. The molecule has 0 aliphatic heterocycles. The Morgan fingerprint density at radius 1 is 1.28 bits per heavy atom. The summed E-state index contributed by atoms with van der Waals surface area (Å²) < 4.78 is 6.34. The van der Waals surface area contributed by atoms with E-state index >= 15 is 0 Å². The SMILES string of the molecule is Cc1cc(SCC(=O)NCc2cccc(OCC#N)c2)c(C)cc1Br. The van der Waals surface area contributed by atoms with Gasteiger partial charge in [0.1, 0.15) is 11.8 Å². The molecule has 6 heteroatoms. The van der Waals surface area contributed by atoms with E-state index in [9.17, 15) is 4.79 Å². The van der Waals surface area contributed by atoms with Crippen LogP contribution in [0.2, 0.25) is 0 Å². The lowest BCUT2D eigenvalue weighted by Crippen LogP contribution is -2.24. The molecule has 0 spiro atoms. The van der Waals surface area contributed by atoms with Gasteiger partial charge in [-0.1, -0.05) is 28.1 Å². The molecule has 0 saturated carbocycles. The first-order valence-electron chi connectivity index (χ1n) is 7.74. The number of hydrogen-bond donors (Lipinski definition) is 1. The maximum absolute atomic E-state index is 12.1. The van der Waals surface area contributed by atoms with E-state index in [1.54, 1.807) is 6.07 Å². The summed E-state index contributed by atoms with van der Waals surface area (Å²) in [5.41, 5.74) is 3.24. The van der Waals surface area contributed by atoms with E-state index in [0.717, 1.165) is 26.1 Å². The number of ether oxygens (including phenoxy) is 1. The summed E-state index contributed by atoms with van der Waals surface area (Å²) in [5.74, 6) is 0.976. The molecule has 2 rings (SSSR count). The van der Waals surface area contributed by atoms with Gasteiger partial charge in [-0.25, -0.2) is 0 Å². The Kier molecular flexibility index (Phi) is 7.35. The zero-order valence-electron chi connectivity index (χ0n) is 14.1. The smallest absolute Gasteiger partial charge is 0.230 e. The van der Waals surface area contributed by atoms with Crippen molar-refractivity contribution in [2.75, 3.05) is 12.4 Å². The molecule has 0 fully saturated rings. The number of carbonyl (C=O) groups excluding carboxylic acids is 1. The zero-order valence-corrected chi connectivity index (χ0v) is 16.5. The molecular weight excluding hydrogens is 400 g/mol. The van der Waals surface area contributed by atoms with Crippen LogP contribution in [0.15, 0.2) is 45.8 Å². The van der Waals surface area contributed by atoms with Gasteiger partial charge in [0.05, 0.1) is 5.75 Å². The molecule has 2 aromatic rings. The van der Waals surface area contributed by atoms with E-state index in [4.69, 9.17) is 10.00 Å². The monoisotopic (exact) mass is 418 g/mol. The van der Waals surface area contributed by atoms with Crippen LogP contribution in [-0.2, 0) is 11.3 Å². The summed E-state index contributed by atoms with van der Waals surface area (Å²) in [7, 11) is 0. The second-order valence-corrected chi connectivity index (χ2v) is 7.40. The second kappa shape index (κ2) is 9.50. The van der Waals surface area contributed by atoms with Crippen molar-refractivity contribution in [2.24, 2.45) is 0 Å². The highest BCUT2D eigenvalue weighted by molar-refractivity contribution is 9.10. The van der Waals surface area contributed by atoms with Crippen molar-refractivity contribution >= 4 is 33.6 Å². The molecule has 130 valence electrons. The first-order valence-corrected chi connectivity index (χ1v) is 9.52.